The Morgan fingerprint density at radius 1 is 0.389 bits per heavy atom. The van der Waals surface area contributed by atoms with Crippen LogP contribution in [0.15, 0.2) is 190 Å². The molecule has 1 unspecified atom stereocenters. The van der Waals surface area contributed by atoms with Gasteiger partial charge in [0.1, 0.15) is 23.1 Å². The Labute approximate surface area is 630 Å². The lowest BCUT2D eigenvalue weighted by molar-refractivity contribution is -0.119. The summed E-state index contributed by atoms with van der Waals surface area (Å²) in [7, 11) is 7.17. The van der Waals surface area contributed by atoms with Crippen LogP contribution in [0.1, 0.15) is 151 Å². The molecule has 1 aliphatic heterocycles. The Balaban J connectivity index is 0.000000127. The highest BCUT2D eigenvalue weighted by atomic mass is 16.5. The zero-order chi connectivity index (χ0) is 75.9. The topological polar surface area (TPSA) is 204 Å². The third kappa shape index (κ3) is 17.3. The molecule has 1 saturated heterocycles. The molecular formula is C92H93N7O9. The maximum Gasteiger partial charge on any atom is 0.253 e. The van der Waals surface area contributed by atoms with E-state index in [4.69, 9.17) is 4.74 Å². The highest BCUT2D eigenvalue weighted by Gasteiger charge is 2.28. The second-order valence-corrected chi connectivity index (χ2v) is 29.9. The normalized spacial score (nSPS) is 15.1. The number of hydrogen-bond acceptors (Lipinski definition) is 12. The van der Waals surface area contributed by atoms with Crippen molar-refractivity contribution in [3.63, 3.8) is 0 Å². The largest absolute Gasteiger partial charge is 0.378 e. The van der Waals surface area contributed by atoms with E-state index in [1.807, 2.05) is 132 Å². The van der Waals surface area contributed by atoms with E-state index in [1.165, 1.54) is 62.1 Å². The van der Waals surface area contributed by atoms with Gasteiger partial charge < -0.3 is 23.0 Å². The summed E-state index contributed by atoms with van der Waals surface area (Å²) >= 11 is 0. The summed E-state index contributed by atoms with van der Waals surface area (Å²) in [6, 6.07) is 38.9. The Morgan fingerprint density at radius 2 is 0.843 bits per heavy atom. The smallest absolute Gasteiger partial charge is 0.253 e. The van der Waals surface area contributed by atoms with Crippen LogP contribution < -0.4 is 22.2 Å². The summed E-state index contributed by atoms with van der Waals surface area (Å²) in [5, 5.41) is 0. The van der Waals surface area contributed by atoms with Gasteiger partial charge in [0.25, 0.3) is 22.2 Å². The molecule has 0 bridgehead atoms. The minimum atomic E-state index is 0.0218. The van der Waals surface area contributed by atoms with E-state index in [9.17, 15) is 38.4 Å². The van der Waals surface area contributed by atoms with E-state index >= 15 is 0 Å². The lowest BCUT2D eigenvalue weighted by Gasteiger charge is -2.27. The zero-order valence-electron chi connectivity index (χ0n) is 63.2. The van der Waals surface area contributed by atoms with Crippen molar-refractivity contribution < 1.29 is 23.9 Å². The van der Waals surface area contributed by atoms with E-state index in [2.05, 4.69) is 69.5 Å². The molecule has 11 aromatic rings. The average molecular weight is 1440 g/mol. The monoisotopic (exact) mass is 1440 g/mol. The predicted molar refractivity (Wildman–Crippen MR) is 424 cm³/mol. The van der Waals surface area contributed by atoms with E-state index in [-0.39, 0.29) is 28.3 Å². The van der Waals surface area contributed by atoms with Crippen LogP contribution in [0.4, 0.5) is 0 Å². The summed E-state index contributed by atoms with van der Waals surface area (Å²) < 4.78 is 12.6. The lowest BCUT2D eigenvalue weighted by Crippen LogP contribution is -2.24. The number of pyridine rings is 7. The molecule has 1 atom stereocenters. The number of carbonyl (C=O) groups is 4. The van der Waals surface area contributed by atoms with Gasteiger partial charge in [0.15, 0.2) is 0 Å². The molecule has 108 heavy (non-hydrogen) atoms. The molecule has 4 aromatic carbocycles. The van der Waals surface area contributed by atoms with Gasteiger partial charge in [-0.05, 0) is 269 Å². The fraction of sp³-hybridized carbons (Fsp3) is 0.315. The Hall–Kier alpha value is -11.2. The fourth-order valence-corrected chi connectivity index (χ4v) is 16.3. The molecular weight excluding hydrogens is 1350 g/mol. The van der Waals surface area contributed by atoms with Crippen molar-refractivity contribution in [3.05, 3.63) is 318 Å². The molecule has 0 N–H and O–H groups in total. The highest BCUT2D eigenvalue weighted by Crippen LogP contribution is 2.39. The first kappa shape index (κ1) is 75.0. The van der Waals surface area contributed by atoms with Gasteiger partial charge in [0.2, 0.25) is 0 Å². The van der Waals surface area contributed by atoms with Gasteiger partial charge in [0, 0.05) is 176 Å². The molecule has 16 nitrogen and oxygen atoms in total. The standard InChI is InChI=1S/3C23H22N2O2.C23H27NO3/c1-15-11-18(14-25(2)23(15)27)21-5-3-17-13-19(26)4-6-20(17)22(21)12-16-7-9-24-10-8-16;1-15-10-18(14-25(2)23(15)27)21-7-5-17-12-19(26)6-8-20(17)22(21)11-16-4-3-9-24-13-16;1-15-9-19(14-25(2)23(15)27)22-13-16-6-7-21(26)12-17(16)10-18(22)11-20-5-3-4-8-24-20;1-15-11-17(14-24(2)23(15)26)21-8-6-16-12-18(25)7-9-20(16)22(21)13-19-5-3-4-10-27-19/h3,5,7-11,14H,4,6,12-13H2,1-2H3;3-5,7,9-10,13-14H,6,8,11-12H2,1-2H3;3-5,8-10,13-14H,6-7,11-12H2,1-2H3;6,8,11,14,19H,3-5,7,9-10,12-13H2,1-2H3. The maximum absolute atomic E-state index is 12.1. The maximum atomic E-state index is 12.1. The van der Waals surface area contributed by atoms with E-state index in [1.54, 1.807) is 58.9 Å². The molecule has 8 heterocycles. The Bertz CT molecular complexity index is 5170. The average Bonchev–Trinajstić information content (AvgIpc) is 0.794. The molecule has 16 heteroatoms. The molecule has 4 aliphatic carbocycles. The number of rotatable bonds is 12. The minimum Gasteiger partial charge on any atom is -0.378 e. The van der Waals surface area contributed by atoms with Crippen molar-refractivity contribution in [2.24, 2.45) is 28.2 Å². The molecule has 0 spiro atoms. The summed E-state index contributed by atoms with van der Waals surface area (Å²) in [6.45, 7) is 8.26. The number of ketones is 4. The van der Waals surface area contributed by atoms with Gasteiger partial charge in [0.05, 0.1) is 6.10 Å². The zero-order valence-corrected chi connectivity index (χ0v) is 63.2. The first-order valence-corrected chi connectivity index (χ1v) is 37.7. The molecule has 1 fully saturated rings. The molecule has 16 rings (SSSR count). The number of nitrogens with zero attached hydrogens (tertiary/aromatic N) is 7. The van der Waals surface area contributed by atoms with Gasteiger partial charge in [-0.25, -0.2) is 0 Å². The van der Waals surface area contributed by atoms with Crippen LogP contribution in [0.3, 0.4) is 0 Å². The first-order chi connectivity index (χ1) is 52.1. The van der Waals surface area contributed by atoms with Gasteiger partial charge in [-0.1, -0.05) is 60.7 Å². The van der Waals surface area contributed by atoms with Gasteiger partial charge >= 0.3 is 0 Å². The summed E-state index contributed by atoms with van der Waals surface area (Å²) in [5.74, 6) is 1.24. The fourth-order valence-electron chi connectivity index (χ4n) is 16.3. The van der Waals surface area contributed by atoms with E-state index in [0.29, 0.717) is 80.9 Å². The number of aryl methyl sites for hydroxylation is 9. The van der Waals surface area contributed by atoms with Crippen molar-refractivity contribution in [3.8, 4) is 44.5 Å². The van der Waals surface area contributed by atoms with Gasteiger partial charge in [-0.2, -0.15) is 0 Å². The molecule has 0 saturated carbocycles. The summed E-state index contributed by atoms with van der Waals surface area (Å²) in [6.07, 6.45) is 31.2. The van der Waals surface area contributed by atoms with Crippen LogP contribution in [0.25, 0.3) is 44.5 Å². The third-order valence-electron chi connectivity index (χ3n) is 21.9. The van der Waals surface area contributed by atoms with Crippen LogP contribution in [0.5, 0.6) is 0 Å². The Morgan fingerprint density at radius 3 is 1.29 bits per heavy atom. The first-order valence-electron chi connectivity index (χ1n) is 37.7. The van der Waals surface area contributed by atoms with Crippen molar-refractivity contribution in [1.82, 2.24) is 33.2 Å². The second kappa shape index (κ2) is 33.3. The Kier molecular flexibility index (Phi) is 23.1. The van der Waals surface area contributed by atoms with E-state index in [0.717, 1.165) is 159 Å². The highest BCUT2D eigenvalue weighted by molar-refractivity contribution is 5.87. The number of hydrogen-bond donors (Lipinski definition) is 0. The van der Waals surface area contributed by atoms with Crippen LogP contribution in [-0.2, 0) is 129 Å². The van der Waals surface area contributed by atoms with Crippen LogP contribution >= 0.6 is 0 Å². The predicted octanol–water partition coefficient (Wildman–Crippen LogP) is 13.7. The van der Waals surface area contributed by atoms with Gasteiger partial charge in [-0.15, -0.1) is 0 Å². The summed E-state index contributed by atoms with van der Waals surface area (Å²) in [5.41, 5.74) is 29.8. The van der Waals surface area contributed by atoms with Crippen LogP contribution in [0, 0.1) is 27.7 Å². The quantitative estimate of drug-likeness (QED) is 0.112. The van der Waals surface area contributed by atoms with Gasteiger partial charge in [-0.3, -0.25) is 53.3 Å². The molecule has 0 amide bonds. The van der Waals surface area contributed by atoms with Crippen molar-refractivity contribution >= 4 is 23.1 Å². The van der Waals surface area contributed by atoms with Crippen LogP contribution in [-0.4, -0.2) is 69.1 Å². The number of fused-ring (bicyclic) bond motifs is 4. The third-order valence-corrected chi connectivity index (χ3v) is 21.9. The number of aromatic nitrogens is 7. The number of Topliss-reactive ketones (excluding diaryl/α,β-unsaturated/α-hetero) is 4. The van der Waals surface area contributed by atoms with Crippen molar-refractivity contribution in [2.75, 3.05) is 6.61 Å². The number of carbonyl (C=O) groups excluding carboxylic acids is 4. The number of benzene rings is 4. The van der Waals surface area contributed by atoms with Crippen molar-refractivity contribution in [1.29, 1.82) is 0 Å². The minimum absolute atomic E-state index is 0.0218. The van der Waals surface area contributed by atoms with Crippen LogP contribution in [0.2, 0.25) is 0 Å². The number of ether oxygens (including phenoxy) is 1. The summed E-state index contributed by atoms with van der Waals surface area (Å²) in [4.78, 5) is 109. The van der Waals surface area contributed by atoms with E-state index < -0.39 is 0 Å². The molecule has 0 radical (unpaired) electrons. The second-order valence-electron chi connectivity index (χ2n) is 29.9. The molecule has 550 valence electrons. The molecule has 7 aromatic heterocycles. The molecule has 5 aliphatic rings. The SMILES string of the molecule is Cc1cc(-c2cc3c(cc2Cc2ccccn2)CC(=O)CC3)cn(C)c1=O.Cc1cc(-c2ccc3c(c2CC2CCCCO2)CCC(=O)C3)cn(C)c1=O.Cc1cc(-c2ccc3c(c2Cc2cccnc2)CCC(=O)C3)cn(C)c1=O.Cc1cc(-c2ccc3c(c2Cc2ccncc2)CCC(=O)C3)cn(C)c1=O. The van der Waals surface area contributed by atoms with Crippen molar-refractivity contribution in [2.45, 2.75) is 156 Å². The lowest BCUT2D eigenvalue weighted by atomic mass is 9.81.